The van der Waals surface area contributed by atoms with Gasteiger partial charge < -0.3 is 10.1 Å². The number of hydrogen-bond acceptors (Lipinski definition) is 4. The molecule has 0 amide bonds. The Morgan fingerprint density at radius 1 is 1.36 bits per heavy atom. The van der Waals surface area contributed by atoms with E-state index in [0.717, 1.165) is 0 Å². The molecule has 0 radical (unpaired) electrons. The molecule has 25 heavy (non-hydrogen) atoms. The van der Waals surface area contributed by atoms with Gasteiger partial charge in [0.2, 0.25) is 0 Å². The maximum Gasteiger partial charge on any atom is 0.270 e. The van der Waals surface area contributed by atoms with Crippen LogP contribution in [0.3, 0.4) is 0 Å². The summed E-state index contributed by atoms with van der Waals surface area (Å²) in [4.78, 5) is 12.4. The number of benzene rings is 2. The van der Waals surface area contributed by atoms with Gasteiger partial charge in [0.25, 0.3) is 5.69 Å². The van der Waals surface area contributed by atoms with Gasteiger partial charge in [0, 0.05) is 29.8 Å². The molecule has 2 aliphatic heterocycles. The lowest BCUT2D eigenvalue weighted by Gasteiger charge is -2.52. The van der Waals surface area contributed by atoms with E-state index >= 15 is 0 Å². The third-order valence-electron chi connectivity index (χ3n) is 4.55. The summed E-state index contributed by atoms with van der Waals surface area (Å²) in [5.41, 5.74) is 0.672. The van der Waals surface area contributed by atoms with E-state index in [2.05, 4.69) is 5.32 Å². The Hall–Kier alpha value is -2.74. The maximum absolute atomic E-state index is 13.2. The van der Waals surface area contributed by atoms with E-state index in [1.807, 2.05) is 11.8 Å². The van der Waals surface area contributed by atoms with Gasteiger partial charge in [-0.15, -0.1) is 0 Å². The van der Waals surface area contributed by atoms with Crippen LogP contribution in [0.1, 0.15) is 24.9 Å². The molecule has 2 heterocycles. The lowest BCUT2D eigenvalue weighted by molar-refractivity contribution is -0.385. The zero-order valence-corrected chi connectivity index (χ0v) is 14.0. The van der Waals surface area contributed by atoms with E-state index in [9.17, 15) is 14.5 Å². The highest BCUT2D eigenvalue weighted by Crippen LogP contribution is 2.46. The largest absolute Gasteiger partial charge is 0.467 e. The molecule has 2 bridgehead atoms. The van der Waals surface area contributed by atoms with Gasteiger partial charge >= 0.3 is 0 Å². The molecule has 8 heteroatoms. The molecule has 1 saturated heterocycles. The summed E-state index contributed by atoms with van der Waals surface area (Å²) in [5.74, 6) is 0.247. The first-order chi connectivity index (χ1) is 11.9. The van der Waals surface area contributed by atoms with Gasteiger partial charge in [-0.2, -0.15) is 0 Å². The molecular weight excluding hydrogens is 345 g/mol. The molecule has 4 rings (SSSR count). The predicted octanol–water partition coefficient (Wildman–Crippen LogP) is 3.67. The summed E-state index contributed by atoms with van der Waals surface area (Å²) >= 11 is 5.49. The van der Waals surface area contributed by atoms with Crippen molar-refractivity contribution in [3.63, 3.8) is 0 Å². The number of anilines is 1. The molecule has 128 valence electrons. The van der Waals surface area contributed by atoms with Crippen LogP contribution >= 0.6 is 12.2 Å². The maximum atomic E-state index is 13.2. The highest BCUT2D eigenvalue weighted by molar-refractivity contribution is 7.80. The second kappa shape index (κ2) is 5.38. The Balaban J connectivity index is 1.77. The topological polar surface area (TPSA) is 67.6 Å². The van der Waals surface area contributed by atoms with Gasteiger partial charge in [-0.05, 0) is 49.5 Å². The molecular formula is C17H14FN3O3S. The van der Waals surface area contributed by atoms with Crippen LogP contribution in [-0.2, 0) is 0 Å². The van der Waals surface area contributed by atoms with Crippen LogP contribution in [0.2, 0.25) is 0 Å². The van der Waals surface area contributed by atoms with Gasteiger partial charge in [-0.25, -0.2) is 4.39 Å². The van der Waals surface area contributed by atoms with E-state index in [1.165, 1.54) is 24.3 Å². The number of rotatable bonds is 2. The number of fused-ring (bicyclic) bond motifs is 4. The minimum atomic E-state index is -0.770. The fourth-order valence-electron chi connectivity index (χ4n) is 3.46. The first-order valence-corrected chi connectivity index (χ1v) is 8.12. The third-order valence-corrected chi connectivity index (χ3v) is 4.85. The van der Waals surface area contributed by atoms with Crippen molar-refractivity contribution in [1.29, 1.82) is 0 Å². The normalized spacial score (nSPS) is 24.2. The van der Waals surface area contributed by atoms with Crippen molar-refractivity contribution in [2.75, 3.05) is 4.90 Å². The molecule has 2 aromatic rings. The Morgan fingerprint density at radius 3 is 2.76 bits per heavy atom. The summed E-state index contributed by atoms with van der Waals surface area (Å²) in [6, 6.07) is 10.4. The van der Waals surface area contributed by atoms with Gasteiger partial charge in [0.15, 0.2) is 10.8 Å². The summed E-state index contributed by atoms with van der Waals surface area (Å²) in [5, 5.41) is 14.7. The number of non-ortho nitro benzene ring substituents is 1. The van der Waals surface area contributed by atoms with Crippen LogP contribution in [0.5, 0.6) is 5.75 Å². The molecule has 1 N–H and O–H groups in total. The van der Waals surface area contributed by atoms with Gasteiger partial charge in [0.1, 0.15) is 11.6 Å². The highest BCUT2D eigenvalue weighted by Gasteiger charge is 2.48. The first kappa shape index (κ1) is 15.8. The Labute approximate surface area is 148 Å². The van der Waals surface area contributed by atoms with Crippen molar-refractivity contribution in [1.82, 2.24) is 5.32 Å². The van der Waals surface area contributed by atoms with Crippen LogP contribution in [0, 0.1) is 15.9 Å². The molecule has 0 unspecified atom stereocenters. The molecule has 2 aliphatic rings. The van der Waals surface area contributed by atoms with Crippen LogP contribution in [-0.4, -0.2) is 15.8 Å². The molecule has 0 aromatic heterocycles. The van der Waals surface area contributed by atoms with Crippen LogP contribution < -0.4 is 15.0 Å². The number of thiocarbonyl (C=S) groups is 1. The Morgan fingerprint density at radius 2 is 2.08 bits per heavy atom. The number of nitro benzene ring substituents is 1. The summed E-state index contributed by atoms with van der Waals surface area (Å²) in [6.45, 7) is 1.90. The Kier molecular flexibility index (Phi) is 3.40. The molecule has 0 spiro atoms. The zero-order chi connectivity index (χ0) is 17.8. The lowest BCUT2D eigenvalue weighted by Crippen LogP contribution is -2.65. The van der Waals surface area contributed by atoms with Crippen molar-refractivity contribution >= 4 is 28.7 Å². The number of halogens is 1. The fraction of sp³-hybridized carbons (Fsp3) is 0.235. The van der Waals surface area contributed by atoms with E-state index in [4.69, 9.17) is 17.0 Å². The lowest BCUT2D eigenvalue weighted by atomic mass is 9.90. The summed E-state index contributed by atoms with van der Waals surface area (Å²) in [6.07, 6.45) is 0.540. The quantitative estimate of drug-likeness (QED) is 0.501. The monoisotopic (exact) mass is 359 g/mol. The number of nitrogens with zero attached hydrogens (tertiary/aromatic N) is 2. The average molecular weight is 359 g/mol. The van der Waals surface area contributed by atoms with E-state index in [0.29, 0.717) is 28.5 Å². The smallest absolute Gasteiger partial charge is 0.270 e. The first-order valence-electron chi connectivity index (χ1n) is 7.71. The SMILES string of the molecule is C[C@@]12C[C@H](NC(=S)N1c1ccc(F)cc1)c1cc([N+](=O)[O-])ccc1O2. The Bertz CT molecular complexity index is 889. The molecule has 2 aromatic carbocycles. The predicted molar refractivity (Wildman–Crippen MR) is 94.1 cm³/mol. The second-order valence-electron chi connectivity index (χ2n) is 6.27. The standard InChI is InChI=1S/C17H14FN3O3S/c1-17-9-14(13-8-12(21(22)23)6-7-15(13)24-17)19-16(25)20(17)11-4-2-10(18)3-5-11/h2-8,14H,9H2,1H3,(H,19,25)/t14-,17+/m0/s1. The number of nitro groups is 1. The summed E-state index contributed by atoms with van der Waals surface area (Å²) < 4.78 is 19.4. The molecule has 0 saturated carbocycles. The summed E-state index contributed by atoms with van der Waals surface area (Å²) in [7, 11) is 0. The molecule has 0 aliphatic carbocycles. The second-order valence-corrected chi connectivity index (χ2v) is 6.66. The minimum absolute atomic E-state index is 0.0136. The van der Waals surface area contributed by atoms with Gasteiger partial charge in [-0.1, -0.05) is 0 Å². The van der Waals surface area contributed by atoms with Gasteiger partial charge in [-0.3, -0.25) is 15.0 Å². The van der Waals surface area contributed by atoms with Crippen molar-refractivity contribution in [3.8, 4) is 5.75 Å². The van der Waals surface area contributed by atoms with E-state index in [1.54, 1.807) is 18.2 Å². The van der Waals surface area contributed by atoms with Crippen LogP contribution in [0.25, 0.3) is 0 Å². The third kappa shape index (κ3) is 2.49. The minimum Gasteiger partial charge on any atom is -0.467 e. The molecule has 6 nitrogen and oxygen atoms in total. The highest BCUT2D eigenvalue weighted by atomic mass is 32.1. The fourth-order valence-corrected chi connectivity index (χ4v) is 3.90. The van der Waals surface area contributed by atoms with Crippen molar-refractivity contribution in [2.24, 2.45) is 0 Å². The van der Waals surface area contributed by atoms with Crippen molar-refractivity contribution in [2.45, 2.75) is 25.1 Å². The zero-order valence-electron chi connectivity index (χ0n) is 13.2. The average Bonchev–Trinajstić information content (AvgIpc) is 2.55. The van der Waals surface area contributed by atoms with E-state index in [-0.39, 0.29) is 17.5 Å². The number of hydrogen-bond donors (Lipinski definition) is 1. The molecule has 2 atom stereocenters. The van der Waals surface area contributed by atoms with Crippen molar-refractivity contribution < 1.29 is 14.1 Å². The van der Waals surface area contributed by atoms with Crippen LogP contribution in [0.4, 0.5) is 15.8 Å². The van der Waals surface area contributed by atoms with E-state index < -0.39 is 10.6 Å². The van der Waals surface area contributed by atoms with Gasteiger partial charge in [0.05, 0.1) is 11.0 Å². The van der Waals surface area contributed by atoms with Crippen molar-refractivity contribution in [3.05, 3.63) is 64.0 Å². The number of ether oxygens (including phenoxy) is 1. The molecule has 1 fully saturated rings. The number of nitrogens with one attached hydrogen (secondary N) is 1. The van der Waals surface area contributed by atoms with Crippen LogP contribution in [0.15, 0.2) is 42.5 Å².